The molecule has 4 heteroatoms. The lowest BCUT2D eigenvalue weighted by molar-refractivity contribution is -0.146. The second-order valence-electron chi connectivity index (χ2n) is 5.74. The van der Waals surface area contributed by atoms with Gasteiger partial charge in [-0.05, 0) is 32.6 Å². The van der Waals surface area contributed by atoms with Gasteiger partial charge < -0.3 is 10.4 Å². The number of carboxylic acid groups (broad SMARTS) is 1. The Labute approximate surface area is 102 Å². The van der Waals surface area contributed by atoms with Crippen LogP contribution in [0, 0.1) is 11.8 Å². The average molecular weight is 239 g/mol. The maximum absolute atomic E-state index is 12.1. The smallest absolute Gasteiger partial charge is 0.307 e. The Morgan fingerprint density at radius 3 is 2.29 bits per heavy atom. The first-order valence-electron chi connectivity index (χ1n) is 6.57. The van der Waals surface area contributed by atoms with Crippen LogP contribution in [0.25, 0.3) is 0 Å². The van der Waals surface area contributed by atoms with Crippen molar-refractivity contribution in [2.75, 3.05) is 0 Å². The minimum absolute atomic E-state index is 0.0423. The number of rotatable bonds is 3. The van der Waals surface area contributed by atoms with Gasteiger partial charge in [0.05, 0.1) is 11.8 Å². The summed E-state index contributed by atoms with van der Waals surface area (Å²) in [6.45, 7) is 2.07. The molecular formula is C13H21NO3. The third-order valence-electron chi connectivity index (χ3n) is 4.30. The van der Waals surface area contributed by atoms with Gasteiger partial charge in [-0.25, -0.2) is 0 Å². The first kappa shape index (κ1) is 12.4. The summed E-state index contributed by atoms with van der Waals surface area (Å²) in [5.41, 5.74) is -0.0945. The van der Waals surface area contributed by atoms with Crippen LogP contribution in [0.2, 0.25) is 0 Å². The second-order valence-corrected chi connectivity index (χ2v) is 5.74. The highest BCUT2D eigenvalue weighted by Crippen LogP contribution is 2.34. The van der Waals surface area contributed by atoms with Crippen molar-refractivity contribution in [1.29, 1.82) is 0 Å². The summed E-state index contributed by atoms with van der Waals surface area (Å²) in [5.74, 6) is -1.65. The topological polar surface area (TPSA) is 66.4 Å². The summed E-state index contributed by atoms with van der Waals surface area (Å²) in [6.07, 6.45) is 6.56. The molecule has 2 saturated carbocycles. The molecule has 0 aromatic heterocycles. The molecule has 0 heterocycles. The van der Waals surface area contributed by atoms with Crippen LogP contribution in [0.5, 0.6) is 0 Å². The lowest BCUT2D eigenvalue weighted by atomic mass is 9.93. The molecule has 4 nitrogen and oxygen atoms in total. The summed E-state index contributed by atoms with van der Waals surface area (Å²) in [4.78, 5) is 23.2. The molecule has 0 aromatic carbocycles. The van der Waals surface area contributed by atoms with Crippen LogP contribution in [-0.2, 0) is 9.59 Å². The zero-order valence-electron chi connectivity index (χ0n) is 10.4. The Morgan fingerprint density at radius 1 is 1.12 bits per heavy atom. The first-order valence-corrected chi connectivity index (χ1v) is 6.57. The number of hydrogen-bond donors (Lipinski definition) is 2. The zero-order valence-corrected chi connectivity index (χ0v) is 10.4. The Hall–Kier alpha value is -1.06. The fraction of sp³-hybridized carbons (Fsp3) is 0.846. The van der Waals surface area contributed by atoms with Crippen molar-refractivity contribution < 1.29 is 14.7 Å². The van der Waals surface area contributed by atoms with E-state index in [0.717, 1.165) is 38.5 Å². The van der Waals surface area contributed by atoms with Gasteiger partial charge in [-0.1, -0.05) is 19.3 Å². The fourth-order valence-electron chi connectivity index (χ4n) is 3.24. The zero-order chi connectivity index (χ0) is 12.5. The van der Waals surface area contributed by atoms with Crippen molar-refractivity contribution in [2.45, 2.75) is 57.4 Å². The van der Waals surface area contributed by atoms with Crippen molar-refractivity contribution in [3.05, 3.63) is 0 Å². The predicted octanol–water partition coefficient (Wildman–Crippen LogP) is 1.94. The first-order chi connectivity index (χ1) is 8.02. The summed E-state index contributed by atoms with van der Waals surface area (Å²) in [6, 6.07) is 0. The van der Waals surface area contributed by atoms with E-state index in [-0.39, 0.29) is 17.4 Å². The van der Waals surface area contributed by atoms with Crippen molar-refractivity contribution in [3.63, 3.8) is 0 Å². The van der Waals surface area contributed by atoms with Gasteiger partial charge >= 0.3 is 5.97 Å². The summed E-state index contributed by atoms with van der Waals surface area (Å²) >= 11 is 0. The van der Waals surface area contributed by atoms with E-state index in [2.05, 4.69) is 12.2 Å². The highest BCUT2D eigenvalue weighted by atomic mass is 16.4. The molecule has 2 N–H and O–H groups in total. The van der Waals surface area contributed by atoms with Crippen molar-refractivity contribution >= 4 is 11.9 Å². The van der Waals surface area contributed by atoms with Crippen LogP contribution in [0.1, 0.15) is 51.9 Å². The van der Waals surface area contributed by atoms with Crippen molar-refractivity contribution in [3.8, 4) is 0 Å². The molecular weight excluding hydrogens is 218 g/mol. The Balaban J connectivity index is 1.97. The van der Waals surface area contributed by atoms with E-state index in [0.29, 0.717) is 6.42 Å². The maximum atomic E-state index is 12.1. The van der Waals surface area contributed by atoms with Crippen LogP contribution >= 0.6 is 0 Å². The van der Waals surface area contributed by atoms with Crippen molar-refractivity contribution in [2.24, 2.45) is 11.8 Å². The molecule has 0 unspecified atom stereocenters. The molecule has 0 aliphatic heterocycles. The monoisotopic (exact) mass is 239 g/mol. The third kappa shape index (κ3) is 2.61. The van der Waals surface area contributed by atoms with E-state index in [1.165, 1.54) is 0 Å². The second kappa shape index (κ2) is 4.67. The molecule has 1 amide bonds. The SMILES string of the molecule is CC1(NC(=O)[C@@H]2CCC[C@@H]2C(=O)O)CCCC1. The van der Waals surface area contributed by atoms with Gasteiger partial charge in [0.25, 0.3) is 0 Å². The fourth-order valence-corrected chi connectivity index (χ4v) is 3.24. The lowest BCUT2D eigenvalue weighted by Crippen LogP contribution is -2.47. The van der Waals surface area contributed by atoms with Crippen LogP contribution in [0.15, 0.2) is 0 Å². The number of aliphatic carboxylic acids is 1. The molecule has 2 aliphatic rings. The van der Waals surface area contributed by atoms with Gasteiger partial charge in [0.15, 0.2) is 0 Å². The van der Waals surface area contributed by atoms with Gasteiger partial charge in [-0.15, -0.1) is 0 Å². The van der Waals surface area contributed by atoms with Crippen molar-refractivity contribution in [1.82, 2.24) is 5.32 Å². The third-order valence-corrected chi connectivity index (χ3v) is 4.30. The van der Waals surface area contributed by atoms with Gasteiger partial charge in [0.2, 0.25) is 5.91 Å². The normalized spacial score (nSPS) is 31.4. The molecule has 96 valence electrons. The molecule has 2 atom stereocenters. The predicted molar refractivity (Wildman–Crippen MR) is 63.5 cm³/mol. The number of nitrogens with one attached hydrogen (secondary N) is 1. The molecule has 0 spiro atoms. The van der Waals surface area contributed by atoms with E-state index in [4.69, 9.17) is 5.11 Å². The number of amides is 1. The van der Waals surface area contributed by atoms with E-state index >= 15 is 0 Å². The highest BCUT2D eigenvalue weighted by molar-refractivity contribution is 5.85. The van der Waals surface area contributed by atoms with E-state index in [1.54, 1.807) is 0 Å². The Morgan fingerprint density at radius 2 is 1.71 bits per heavy atom. The standard InChI is InChI=1S/C13H21NO3/c1-13(7-2-3-8-13)14-11(15)9-5-4-6-10(9)12(16)17/h9-10H,2-8H2,1H3,(H,14,15)(H,16,17)/t9-,10+/m1/s1. The quantitative estimate of drug-likeness (QED) is 0.791. The molecule has 0 saturated heterocycles. The molecule has 17 heavy (non-hydrogen) atoms. The Kier molecular flexibility index (Phi) is 3.40. The number of carbonyl (C=O) groups excluding carboxylic acids is 1. The largest absolute Gasteiger partial charge is 0.481 e. The average Bonchev–Trinajstić information content (AvgIpc) is 2.85. The highest BCUT2D eigenvalue weighted by Gasteiger charge is 2.40. The maximum Gasteiger partial charge on any atom is 0.307 e. The number of carbonyl (C=O) groups is 2. The molecule has 0 aromatic rings. The summed E-state index contributed by atoms with van der Waals surface area (Å²) in [5, 5.41) is 12.2. The summed E-state index contributed by atoms with van der Waals surface area (Å²) in [7, 11) is 0. The van der Waals surface area contributed by atoms with Crippen LogP contribution < -0.4 is 5.32 Å². The van der Waals surface area contributed by atoms with Gasteiger partial charge in [0, 0.05) is 5.54 Å². The number of hydrogen-bond acceptors (Lipinski definition) is 2. The summed E-state index contributed by atoms with van der Waals surface area (Å²) < 4.78 is 0. The van der Waals surface area contributed by atoms with E-state index < -0.39 is 11.9 Å². The minimum Gasteiger partial charge on any atom is -0.481 e. The number of carboxylic acids is 1. The van der Waals surface area contributed by atoms with Gasteiger partial charge in [-0.3, -0.25) is 9.59 Å². The molecule has 2 aliphatic carbocycles. The van der Waals surface area contributed by atoms with Crippen LogP contribution in [-0.4, -0.2) is 22.5 Å². The molecule has 0 bridgehead atoms. The van der Waals surface area contributed by atoms with Gasteiger partial charge in [-0.2, -0.15) is 0 Å². The minimum atomic E-state index is -0.820. The van der Waals surface area contributed by atoms with Gasteiger partial charge in [0.1, 0.15) is 0 Å². The molecule has 2 rings (SSSR count). The molecule has 2 fully saturated rings. The Bertz CT molecular complexity index is 321. The molecule has 0 radical (unpaired) electrons. The van der Waals surface area contributed by atoms with Crippen LogP contribution in [0.3, 0.4) is 0 Å². The van der Waals surface area contributed by atoms with Crippen LogP contribution in [0.4, 0.5) is 0 Å². The lowest BCUT2D eigenvalue weighted by Gasteiger charge is -2.28. The van der Waals surface area contributed by atoms with E-state index in [9.17, 15) is 9.59 Å². The van der Waals surface area contributed by atoms with E-state index in [1.807, 2.05) is 0 Å².